The Bertz CT molecular complexity index is 959. The summed E-state index contributed by atoms with van der Waals surface area (Å²) in [5, 5.41) is 4.18. The smallest absolute Gasteiger partial charge is 0.123 e. The second-order valence-corrected chi connectivity index (χ2v) is 6.17. The number of halogens is 1. The predicted octanol–water partition coefficient (Wildman–Crippen LogP) is 5.36. The van der Waals surface area contributed by atoms with Crippen molar-refractivity contribution in [2.24, 2.45) is 5.16 Å². The first-order valence-electron chi connectivity index (χ1n) is 8.84. The van der Waals surface area contributed by atoms with Crippen LogP contribution in [0.1, 0.15) is 25.1 Å². The summed E-state index contributed by atoms with van der Waals surface area (Å²) in [6.07, 6.45) is 0. The molecule has 3 rings (SSSR count). The zero-order valence-electron chi connectivity index (χ0n) is 16.0. The van der Waals surface area contributed by atoms with Crippen LogP contribution < -0.4 is 4.74 Å². The largest absolute Gasteiger partial charge is 0.497 e. The molecule has 0 aliphatic heterocycles. The highest BCUT2D eigenvalue weighted by Gasteiger charge is 2.17. The lowest BCUT2D eigenvalue weighted by molar-refractivity contribution is 0.159. The number of hydrogen-bond acceptors (Lipinski definition) is 3. The number of benzene rings is 2. The molecule has 27 heavy (non-hydrogen) atoms. The Morgan fingerprint density at radius 1 is 1.11 bits per heavy atom. The van der Waals surface area contributed by atoms with Crippen LogP contribution >= 0.6 is 0 Å². The van der Waals surface area contributed by atoms with Gasteiger partial charge in [0.1, 0.15) is 18.2 Å². The van der Waals surface area contributed by atoms with Crippen molar-refractivity contribution in [3.63, 3.8) is 0 Å². The van der Waals surface area contributed by atoms with Crippen molar-refractivity contribution in [3.8, 4) is 22.7 Å². The van der Waals surface area contributed by atoms with Crippen LogP contribution in [0.3, 0.4) is 0 Å². The minimum atomic E-state index is -0.260. The molecule has 0 saturated carbocycles. The first-order valence-corrected chi connectivity index (χ1v) is 8.84. The van der Waals surface area contributed by atoms with Crippen LogP contribution in [0.4, 0.5) is 4.39 Å². The van der Waals surface area contributed by atoms with E-state index in [0.717, 1.165) is 39.7 Å². The van der Waals surface area contributed by atoms with E-state index in [4.69, 9.17) is 9.57 Å². The van der Waals surface area contributed by atoms with E-state index in [2.05, 4.69) is 15.8 Å². The lowest BCUT2D eigenvalue weighted by Gasteiger charge is -2.13. The molecule has 5 heteroatoms. The molecule has 0 N–H and O–H groups in total. The van der Waals surface area contributed by atoms with Gasteiger partial charge in [-0.3, -0.25) is 0 Å². The molecule has 0 radical (unpaired) electrons. The van der Waals surface area contributed by atoms with E-state index in [1.54, 1.807) is 19.2 Å². The molecular formula is C22H23FN2O2. The summed E-state index contributed by atoms with van der Waals surface area (Å²) >= 11 is 0. The van der Waals surface area contributed by atoms with Gasteiger partial charge in [0, 0.05) is 23.0 Å². The van der Waals surface area contributed by atoms with Gasteiger partial charge in [0.25, 0.3) is 0 Å². The molecule has 4 nitrogen and oxygen atoms in total. The quantitative estimate of drug-likeness (QED) is 0.435. The van der Waals surface area contributed by atoms with Gasteiger partial charge in [0.2, 0.25) is 0 Å². The molecule has 1 aromatic heterocycles. The summed E-state index contributed by atoms with van der Waals surface area (Å²) in [5.74, 6) is 0.510. The average Bonchev–Trinajstić information content (AvgIpc) is 3.04. The van der Waals surface area contributed by atoms with Crippen molar-refractivity contribution < 1.29 is 14.0 Å². The van der Waals surface area contributed by atoms with Crippen molar-refractivity contribution in [1.29, 1.82) is 0 Å². The number of nitrogens with zero attached hydrogens (tertiary/aromatic N) is 2. The molecule has 0 bridgehead atoms. The maximum absolute atomic E-state index is 13.4. The van der Waals surface area contributed by atoms with Gasteiger partial charge in [-0.15, -0.1) is 0 Å². The van der Waals surface area contributed by atoms with Gasteiger partial charge >= 0.3 is 0 Å². The SMILES string of the molecule is CCO/N=C(\C)c1cc(-c2ccc(F)cc2)n(-c2cccc(OC)c2)c1C. The molecule has 1 heterocycles. The normalized spacial score (nSPS) is 11.5. The number of oxime groups is 1. The topological polar surface area (TPSA) is 35.8 Å². The minimum Gasteiger partial charge on any atom is -0.497 e. The third-order valence-corrected chi connectivity index (χ3v) is 4.42. The summed E-state index contributed by atoms with van der Waals surface area (Å²) in [5.41, 5.74) is 5.61. The molecule has 0 amide bonds. The van der Waals surface area contributed by atoms with Crippen LogP contribution in [0.15, 0.2) is 59.8 Å². The van der Waals surface area contributed by atoms with Crippen LogP contribution in [-0.2, 0) is 4.84 Å². The third-order valence-electron chi connectivity index (χ3n) is 4.42. The number of rotatable bonds is 6. The van der Waals surface area contributed by atoms with Crippen molar-refractivity contribution in [2.45, 2.75) is 20.8 Å². The molecule has 2 aromatic carbocycles. The van der Waals surface area contributed by atoms with Crippen molar-refractivity contribution in [3.05, 3.63) is 71.7 Å². The van der Waals surface area contributed by atoms with Gasteiger partial charge in [0.15, 0.2) is 0 Å². The van der Waals surface area contributed by atoms with Crippen LogP contribution in [-0.4, -0.2) is 24.0 Å². The van der Waals surface area contributed by atoms with E-state index in [-0.39, 0.29) is 5.82 Å². The van der Waals surface area contributed by atoms with Gasteiger partial charge in [-0.2, -0.15) is 0 Å². The molecule has 0 aliphatic rings. The van der Waals surface area contributed by atoms with Gasteiger partial charge in [-0.1, -0.05) is 11.2 Å². The monoisotopic (exact) mass is 366 g/mol. The standard InChI is InChI=1S/C22H23FN2O2/c1-5-27-24-15(2)21-14-22(17-9-11-18(23)12-10-17)25(16(21)3)19-7-6-8-20(13-19)26-4/h6-14H,5H2,1-4H3/b24-15+. The highest BCUT2D eigenvalue weighted by atomic mass is 19.1. The Balaban J connectivity index is 2.22. The second-order valence-electron chi connectivity index (χ2n) is 6.17. The lowest BCUT2D eigenvalue weighted by Crippen LogP contribution is -2.03. The molecule has 0 saturated heterocycles. The van der Waals surface area contributed by atoms with Gasteiger partial charge in [-0.25, -0.2) is 4.39 Å². The summed E-state index contributed by atoms with van der Waals surface area (Å²) in [4.78, 5) is 5.23. The van der Waals surface area contributed by atoms with E-state index in [1.807, 2.05) is 45.0 Å². The van der Waals surface area contributed by atoms with Crippen molar-refractivity contribution >= 4 is 5.71 Å². The molecule has 0 spiro atoms. The van der Waals surface area contributed by atoms with Crippen molar-refractivity contribution in [2.75, 3.05) is 13.7 Å². The van der Waals surface area contributed by atoms with Gasteiger partial charge in [-0.05, 0) is 68.8 Å². The first kappa shape index (κ1) is 18.7. The lowest BCUT2D eigenvalue weighted by atomic mass is 10.1. The van der Waals surface area contributed by atoms with Gasteiger partial charge < -0.3 is 14.1 Å². The van der Waals surface area contributed by atoms with E-state index in [1.165, 1.54) is 12.1 Å². The number of hydrogen-bond donors (Lipinski definition) is 0. The summed E-state index contributed by atoms with van der Waals surface area (Å²) < 4.78 is 20.9. The Morgan fingerprint density at radius 2 is 1.85 bits per heavy atom. The fraction of sp³-hybridized carbons (Fsp3) is 0.227. The zero-order chi connectivity index (χ0) is 19.4. The maximum atomic E-state index is 13.4. The minimum absolute atomic E-state index is 0.260. The number of aromatic nitrogens is 1. The van der Waals surface area contributed by atoms with Crippen LogP contribution in [0.25, 0.3) is 16.9 Å². The second kappa shape index (κ2) is 8.08. The van der Waals surface area contributed by atoms with E-state index < -0.39 is 0 Å². The molecule has 0 atom stereocenters. The van der Waals surface area contributed by atoms with E-state index in [9.17, 15) is 4.39 Å². The third kappa shape index (κ3) is 3.87. The summed E-state index contributed by atoms with van der Waals surface area (Å²) in [6.45, 7) is 6.36. The molecule has 0 unspecified atom stereocenters. The average molecular weight is 366 g/mol. The van der Waals surface area contributed by atoms with Crippen molar-refractivity contribution in [1.82, 2.24) is 4.57 Å². The summed E-state index contributed by atoms with van der Waals surface area (Å²) in [7, 11) is 1.65. The predicted molar refractivity (Wildman–Crippen MR) is 106 cm³/mol. The molecular weight excluding hydrogens is 343 g/mol. The Labute approximate surface area is 158 Å². The van der Waals surface area contributed by atoms with Crippen LogP contribution in [0, 0.1) is 12.7 Å². The number of methoxy groups -OCH3 is 1. The maximum Gasteiger partial charge on any atom is 0.123 e. The summed E-state index contributed by atoms with van der Waals surface area (Å²) in [6, 6.07) is 16.4. The number of ether oxygens (including phenoxy) is 1. The highest BCUT2D eigenvalue weighted by molar-refractivity contribution is 6.01. The fourth-order valence-electron chi connectivity index (χ4n) is 3.10. The Kier molecular flexibility index (Phi) is 5.60. The molecule has 0 fully saturated rings. The van der Waals surface area contributed by atoms with Gasteiger partial charge in [0.05, 0.1) is 18.5 Å². The van der Waals surface area contributed by atoms with Crippen LogP contribution in [0.2, 0.25) is 0 Å². The first-order chi connectivity index (χ1) is 13.0. The zero-order valence-corrected chi connectivity index (χ0v) is 16.0. The molecule has 3 aromatic rings. The van der Waals surface area contributed by atoms with E-state index in [0.29, 0.717) is 6.61 Å². The molecule has 0 aliphatic carbocycles. The Hall–Kier alpha value is -3.08. The van der Waals surface area contributed by atoms with Crippen LogP contribution in [0.5, 0.6) is 5.75 Å². The highest BCUT2D eigenvalue weighted by Crippen LogP contribution is 2.31. The Morgan fingerprint density at radius 3 is 2.52 bits per heavy atom. The fourth-order valence-corrected chi connectivity index (χ4v) is 3.10. The molecule has 140 valence electrons. The van der Waals surface area contributed by atoms with E-state index >= 15 is 0 Å².